The van der Waals surface area contributed by atoms with Crippen molar-refractivity contribution < 1.29 is 22.3 Å². The van der Waals surface area contributed by atoms with E-state index in [0.29, 0.717) is 11.3 Å². The molecule has 0 N–H and O–H groups in total. The van der Waals surface area contributed by atoms with Gasteiger partial charge in [-0.1, -0.05) is 25.1 Å². The summed E-state index contributed by atoms with van der Waals surface area (Å²) in [6.07, 6.45) is 0.506. The maximum Gasteiger partial charge on any atom is 0.302 e. The highest BCUT2D eigenvalue weighted by atomic mass is 32.2. The van der Waals surface area contributed by atoms with Gasteiger partial charge in [0, 0.05) is 6.92 Å². The number of benzene rings is 3. The molecular formula is C23H23FO4S. The summed E-state index contributed by atoms with van der Waals surface area (Å²) in [6, 6.07) is 13.3. The first kappa shape index (κ1) is 21.0. The lowest BCUT2D eigenvalue weighted by Gasteiger charge is -2.16. The zero-order chi connectivity index (χ0) is 21.2. The second-order valence-electron chi connectivity index (χ2n) is 7.01. The molecule has 0 aromatic heterocycles. The van der Waals surface area contributed by atoms with Crippen LogP contribution in [0.2, 0.25) is 0 Å². The first-order chi connectivity index (χ1) is 13.7. The number of ether oxygens (including phenoxy) is 1. The van der Waals surface area contributed by atoms with Crippen LogP contribution in [-0.4, -0.2) is 20.1 Å². The van der Waals surface area contributed by atoms with Gasteiger partial charge in [0.05, 0.1) is 10.6 Å². The van der Waals surface area contributed by atoms with E-state index in [4.69, 9.17) is 4.74 Å². The maximum absolute atomic E-state index is 13.9. The van der Waals surface area contributed by atoms with Crippen LogP contribution in [0.25, 0.3) is 10.8 Å². The second kappa shape index (κ2) is 8.33. The van der Waals surface area contributed by atoms with Crippen LogP contribution in [0, 0.1) is 12.7 Å². The molecule has 0 heterocycles. The Kier molecular flexibility index (Phi) is 6.03. The molecule has 0 unspecified atom stereocenters. The van der Waals surface area contributed by atoms with Gasteiger partial charge in [-0.15, -0.1) is 0 Å². The van der Waals surface area contributed by atoms with Crippen LogP contribution >= 0.6 is 0 Å². The van der Waals surface area contributed by atoms with Crippen molar-refractivity contribution in [1.29, 1.82) is 0 Å². The normalized spacial score (nSPS) is 11.6. The van der Waals surface area contributed by atoms with Crippen LogP contribution in [0.5, 0.6) is 0 Å². The number of fused-ring (bicyclic) bond motifs is 1. The average molecular weight is 414 g/mol. The summed E-state index contributed by atoms with van der Waals surface area (Å²) in [5.41, 5.74) is 3.63. The lowest BCUT2D eigenvalue weighted by molar-refractivity contribution is -0.142. The third-order valence-electron chi connectivity index (χ3n) is 5.08. The Morgan fingerprint density at radius 3 is 2.38 bits per heavy atom. The van der Waals surface area contributed by atoms with Crippen molar-refractivity contribution in [3.63, 3.8) is 0 Å². The molecule has 0 spiro atoms. The van der Waals surface area contributed by atoms with Crippen LogP contribution < -0.4 is 0 Å². The van der Waals surface area contributed by atoms with E-state index in [1.165, 1.54) is 19.1 Å². The minimum Gasteiger partial charge on any atom is -0.461 e. The van der Waals surface area contributed by atoms with Crippen molar-refractivity contribution >= 4 is 26.6 Å². The molecule has 0 fully saturated rings. The third kappa shape index (κ3) is 4.65. The van der Waals surface area contributed by atoms with Crippen molar-refractivity contribution in [1.82, 2.24) is 0 Å². The van der Waals surface area contributed by atoms with E-state index in [2.05, 4.69) is 0 Å². The van der Waals surface area contributed by atoms with Gasteiger partial charge in [0.25, 0.3) is 0 Å². The molecule has 0 aliphatic carbocycles. The molecule has 0 atom stereocenters. The van der Waals surface area contributed by atoms with E-state index in [9.17, 15) is 17.6 Å². The molecule has 0 saturated carbocycles. The molecule has 152 valence electrons. The second-order valence-corrected chi connectivity index (χ2v) is 9.29. The van der Waals surface area contributed by atoms with Gasteiger partial charge < -0.3 is 4.74 Å². The summed E-state index contributed by atoms with van der Waals surface area (Å²) in [5, 5.41) is 1.65. The number of hydrogen-bond donors (Lipinski definition) is 0. The van der Waals surface area contributed by atoms with Gasteiger partial charge in [0.15, 0.2) is 9.84 Å². The van der Waals surface area contributed by atoms with Gasteiger partial charge in [-0.05, 0) is 76.7 Å². The molecule has 0 bridgehead atoms. The monoisotopic (exact) mass is 414 g/mol. The van der Waals surface area contributed by atoms with E-state index in [-0.39, 0.29) is 24.1 Å². The molecule has 6 heteroatoms. The zero-order valence-electron chi connectivity index (χ0n) is 16.7. The minimum absolute atomic E-state index is 0.0492. The highest BCUT2D eigenvalue weighted by molar-refractivity contribution is 7.91. The molecule has 0 amide bonds. The summed E-state index contributed by atoms with van der Waals surface area (Å²) in [5.74, 6) is -0.638. The van der Waals surface area contributed by atoms with E-state index < -0.39 is 9.84 Å². The van der Waals surface area contributed by atoms with Crippen LogP contribution in [-0.2, 0) is 32.4 Å². The van der Waals surface area contributed by atoms with Crippen molar-refractivity contribution in [3.05, 3.63) is 76.6 Å². The molecule has 0 aliphatic rings. The molecule has 3 rings (SSSR count). The van der Waals surface area contributed by atoms with Crippen molar-refractivity contribution in [2.45, 2.75) is 38.7 Å². The lowest BCUT2D eigenvalue weighted by Crippen LogP contribution is -2.05. The fraction of sp³-hybridized carbons (Fsp3) is 0.261. The van der Waals surface area contributed by atoms with E-state index in [0.717, 1.165) is 33.0 Å². The third-order valence-corrected chi connectivity index (χ3v) is 6.83. The van der Waals surface area contributed by atoms with Crippen molar-refractivity contribution in [2.75, 3.05) is 5.75 Å². The van der Waals surface area contributed by atoms with Gasteiger partial charge in [-0.2, -0.15) is 0 Å². The summed E-state index contributed by atoms with van der Waals surface area (Å²) in [6.45, 7) is 5.05. The Balaban J connectivity index is 2.06. The Morgan fingerprint density at radius 1 is 1.07 bits per heavy atom. The number of hydrogen-bond acceptors (Lipinski definition) is 4. The number of rotatable bonds is 6. The topological polar surface area (TPSA) is 60.4 Å². The number of halogens is 1. The Morgan fingerprint density at radius 2 is 1.76 bits per heavy atom. The molecule has 29 heavy (non-hydrogen) atoms. The fourth-order valence-electron chi connectivity index (χ4n) is 3.35. The van der Waals surface area contributed by atoms with Crippen LogP contribution in [0.3, 0.4) is 0 Å². The fourth-order valence-corrected chi connectivity index (χ4v) is 4.23. The number of carbonyl (C=O) groups excluding carboxylic acids is 1. The smallest absolute Gasteiger partial charge is 0.302 e. The van der Waals surface area contributed by atoms with Gasteiger partial charge in [0.1, 0.15) is 12.4 Å². The molecule has 0 saturated heterocycles. The molecule has 4 nitrogen and oxygen atoms in total. The first-order valence-electron chi connectivity index (χ1n) is 9.37. The number of sulfone groups is 1. The predicted octanol–water partition coefficient (Wildman–Crippen LogP) is 4.73. The Hall–Kier alpha value is -2.73. The Bertz CT molecular complexity index is 1170. The highest BCUT2D eigenvalue weighted by Crippen LogP contribution is 2.29. The molecule has 0 aliphatic heterocycles. The molecular weight excluding hydrogens is 391 g/mol. The standard InChI is InChI=1S/C23H23FO4S/c1-4-29(26,27)21-9-5-17(6-10-21)11-22-15(2)19(14-28-16(3)25)12-18-7-8-20(24)13-23(18)22/h5-10,12-13H,4,11,14H2,1-3H3. The largest absolute Gasteiger partial charge is 0.461 e. The summed E-state index contributed by atoms with van der Waals surface area (Å²) in [7, 11) is -3.26. The quantitative estimate of drug-likeness (QED) is 0.547. The van der Waals surface area contributed by atoms with Gasteiger partial charge >= 0.3 is 5.97 Å². The first-order valence-corrected chi connectivity index (χ1v) is 11.0. The molecule has 3 aromatic rings. The summed E-state index contributed by atoms with van der Waals surface area (Å²) < 4.78 is 43.2. The number of esters is 1. The summed E-state index contributed by atoms with van der Waals surface area (Å²) >= 11 is 0. The van der Waals surface area contributed by atoms with E-state index in [1.807, 2.05) is 13.0 Å². The van der Waals surface area contributed by atoms with Crippen LogP contribution in [0.4, 0.5) is 4.39 Å². The SMILES string of the molecule is CCS(=O)(=O)c1ccc(Cc2c(C)c(COC(C)=O)cc3ccc(F)cc23)cc1. The van der Waals surface area contributed by atoms with Gasteiger partial charge in [-0.25, -0.2) is 12.8 Å². The lowest BCUT2D eigenvalue weighted by atomic mass is 9.91. The maximum atomic E-state index is 13.9. The Labute approximate surface area is 170 Å². The van der Waals surface area contributed by atoms with Gasteiger partial charge in [-0.3, -0.25) is 4.79 Å². The average Bonchev–Trinajstić information content (AvgIpc) is 2.69. The van der Waals surface area contributed by atoms with E-state index in [1.54, 1.807) is 37.3 Å². The zero-order valence-corrected chi connectivity index (χ0v) is 17.5. The number of carbonyl (C=O) groups is 1. The van der Waals surface area contributed by atoms with Gasteiger partial charge in [0.2, 0.25) is 0 Å². The molecule has 3 aromatic carbocycles. The van der Waals surface area contributed by atoms with Crippen molar-refractivity contribution in [3.8, 4) is 0 Å². The molecule has 0 radical (unpaired) electrons. The van der Waals surface area contributed by atoms with Crippen LogP contribution in [0.1, 0.15) is 36.1 Å². The van der Waals surface area contributed by atoms with E-state index >= 15 is 0 Å². The predicted molar refractivity (Wildman–Crippen MR) is 111 cm³/mol. The summed E-state index contributed by atoms with van der Waals surface area (Å²) in [4.78, 5) is 11.5. The highest BCUT2D eigenvalue weighted by Gasteiger charge is 2.14. The van der Waals surface area contributed by atoms with Crippen LogP contribution in [0.15, 0.2) is 53.4 Å². The minimum atomic E-state index is -3.26. The van der Waals surface area contributed by atoms with Crippen molar-refractivity contribution in [2.24, 2.45) is 0 Å².